The van der Waals surface area contributed by atoms with Gasteiger partial charge in [0, 0.05) is 29.5 Å². The number of aryl methyl sites for hydroxylation is 1. The van der Waals surface area contributed by atoms with Crippen LogP contribution in [0.1, 0.15) is 22.4 Å². The van der Waals surface area contributed by atoms with Crippen molar-refractivity contribution in [3.8, 4) is 17.4 Å². The number of benzene rings is 1. The van der Waals surface area contributed by atoms with E-state index >= 15 is 0 Å². The lowest BCUT2D eigenvalue weighted by atomic mass is 10.0. The van der Waals surface area contributed by atoms with Crippen molar-refractivity contribution in [1.29, 1.82) is 5.26 Å². The van der Waals surface area contributed by atoms with E-state index in [1.807, 2.05) is 19.1 Å². The Labute approximate surface area is 149 Å². The number of halogens is 1. The molecule has 2 heterocycles. The second kappa shape index (κ2) is 6.19. The first kappa shape index (κ1) is 15.6. The van der Waals surface area contributed by atoms with Gasteiger partial charge in [-0.15, -0.1) is 0 Å². The molecular formula is C18H14ClN5O. The number of fused-ring (bicyclic) bond motifs is 1. The summed E-state index contributed by atoms with van der Waals surface area (Å²) < 4.78 is 5.21. The van der Waals surface area contributed by atoms with Crippen LogP contribution in [-0.2, 0) is 12.8 Å². The van der Waals surface area contributed by atoms with Crippen LogP contribution in [0.2, 0.25) is 5.02 Å². The summed E-state index contributed by atoms with van der Waals surface area (Å²) in [5.41, 5.74) is 4.39. The average Bonchev–Trinajstić information content (AvgIpc) is 3.20. The van der Waals surface area contributed by atoms with Crippen LogP contribution in [0.15, 0.2) is 35.1 Å². The van der Waals surface area contributed by atoms with Gasteiger partial charge in [-0.05, 0) is 43.0 Å². The normalized spacial score (nSPS) is 15.6. The third kappa shape index (κ3) is 3.06. The predicted octanol–water partition coefficient (Wildman–Crippen LogP) is 3.54. The predicted molar refractivity (Wildman–Crippen MR) is 93.3 cm³/mol. The van der Waals surface area contributed by atoms with E-state index in [0.29, 0.717) is 22.3 Å². The summed E-state index contributed by atoms with van der Waals surface area (Å²) in [4.78, 5) is 8.70. The molecule has 1 aromatic carbocycles. The lowest BCUT2D eigenvalue weighted by Gasteiger charge is -2.11. The summed E-state index contributed by atoms with van der Waals surface area (Å²) in [6, 6.07) is 7.84. The van der Waals surface area contributed by atoms with Crippen molar-refractivity contribution < 1.29 is 4.52 Å². The number of rotatable bonds is 3. The van der Waals surface area contributed by atoms with E-state index in [0.717, 1.165) is 35.2 Å². The molecule has 2 aromatic heterocycles. The van der Waals surface area contributed by atoms with Gasteiger partial charge in [-0.2, -0.15) is 5.26 Å². The van der Waals surface area contributed by atoms with Gasteiger partial charge in [0.2, 0.25) is 5.95 Å². The molecule has 3 aromatic rings. The Morgan fingerprint density at radius 1 is 1.24 bits per heavy atom. The Kier molecular flexibility index (Phi) is 3.86. The first-order valence-electron chi connectivity index (χ1n) is 7.86. The molecule has 0 amide bonds. The molecule has 124 valence electrons. The third-order valence-corrected chi connectivity index (χ3v) is 4.46. The van der Waals surface area contributed by atoms with Crippen molar-refractivity contribution in [2.24, 2.45) is 0 Å². The molecule has 6 nitrogen and oxygen atoms in total. The highest BCUT2D eigenvalue weighted by atomic mass is 35.5. The summed E-state index contributed by atoms with van der Waals surface area (Å²) >= 11 is 6.08. The van der Waals surface area contributed by atoms with Crippen LogP contribution >= 0.6 is 11.6 Å². The van der Waals surface area contributed by atoms with E-state index in [-0.39, 0.29) is 6.04 Å². The molecule has 0 bridgehead atoms. The number of anilines is 1. The number of nitrogens with one attached hydrogen (secondary N) is 1. The molecule has 0 aliphatic heterocycles. The number of nitriles is 1. The Balaban J connectivity index is 1.49. The van der Waals surface area contributed by atoms with E-state index in [1.165, 1.54) is 0 Å². The maximum Gasteiger partial charge on any atom is 0.222 e. The fourth-order valence-corrected chi connectivity index (χ4v) is 3.36. The van der Waals surface area contributed by atoms with E-state index in [2.05, 4.69) is 26.5 Å². The molecular weight excluding hydrogens is 338 g/mol. The Morgan fingerprint density at radius 2 is 2.04 bits per heavy atom. The zero-order valence-corrected chi connectivity index (χ0v) is 14.2. The minimum absolute atomic E-state index is 0.138. The average molecular weight is 352 g/mol. The fraction of sp³-hybridized carbons (Fsp3) is 0.222. The van der Waals surface area contributed by atoms with Crippen molar-refractivity contribution in [3.05, 3.63) is 58.0 Å². The van der Waals surface area contributed by atoms with Crippen LogP contribution in [0.25, 0.3) is 11.3 Å². The highest BCUT2D eigenvalue weighted by molar-refractivity contribution is 6.30. The van der Waals surface area contributed by atoms with E-state index in [1.54, 1.807) is 18.5 Å². The van der Waals surface area contributed by atoms with Crippen LogP contribution in [0.3, 0.4) is 0 Å². The molecule has 25 heavy (non-hydrogen) atoms. The zero-order chi connectivity index (χ0) is 17.4. The van der Waals surface area contributed by atoms with Gasteiger partial charge in [-0.1, -0.05) is 16.8 Å². The molecule has 0 saturated carbocycles. The molecule has 0 saturated heterocycles. The van der Waals surface area contributed by atoms with Gasteiger partial charge in [-0.3, -0.25) is 0 Å². The number of hydrogen-bond acceptors (Lipinski definition) is 6. The maximum absolute atomic E-state index is 9.27. The third-order valence-electron chi connectivity index (χ3n) is 4.24. The Bertz CT molecular complexity index is 974. The monoisotopic (exact) mass is 351 g/mol. The largest absolute Gasteiger partial charge is 0.356 e. The van der Waals surface area contributed by atoms with E-state index < -0.39 is 0 Å². The minimum atomic E-state index is 0.138. The van der Waals surface area contributed by atoms with E-state index in [9.17, 15) is 5.26 Å². The van der Waals surface area contributed by atoms with Crippen LogP contribution in [-0.4, -0.2) is 21.2 Å². The van der Waals surface area contributed by atoms with Gasteiger partial charge in [0.15, 0.2) is 5.76 Å². The second-order valence-corrected chi connectivity index (χ2v) is 6.52. The lowest BCUT2D eigenvalue weighted by molar-refractivity contribution is 0.427. The van der Waals surface area contributed by atoms with Crippen molar-refractivity contribution in [3.63, 3.8) is 0 Å². The number of nitrogens with zero attached hydrogens (tertiary/aromatic N) is 4. The molecule has 7 heteroatoms. The first-order valence-corrected chi connectivity index (χ1v) is 8.24. The molecule has 1 aliphatic carbocycles. The van der Waals surface area contributed by atoms with Crippen molar-refractivity contribution in [2.45, 2.75) is 25.8 Å². The van der Waals surface area contributed by atoms with Gasteiger partial charge < -0.3 is 9.84 Å². The number of hydrogen-bond donors (Lipinski definition) is 1. The highest BCUT2D eigenvalue weighted by Gasteiger charge is 2.25. The van der Waals surface area contributed by atoms with Crippen LogP contribution in [0, 0.1) is 18.3 Å². The zero-order valence-electron chi connectivity index (χ0n) is 13.5. The van der Waals surface area contributed by atoms with Gasteiger partial charge in [-0.25, -0.2) is 9.97 Å². The summed E-state index contributed by atoms with van der Waals surface area (Å²) in [6.07, 6.45) is 4.95. The molecule has 0 radical (unpaired) electrons. The standard InChI is InChI=1S/C18H14ClN5O/c1-10-2-17(25-24-10)13-8-21-18(22-9-13)23-15-5-11-3-14(19)4-12(7-20)16(11)6-15/h2-4,8-9,15H,5-6H2,1H3,(H,21,22,23). The maximum atomic E-state index is 9.27. The Morgan fingerprint density at radius 3 is 2.72 bits per heavy atom. The summed E-state index contributed by atoms with van der Waals surface area (Å²) in [7, 11) is 0. The number of aromatic nitrogens is 3. The smallest absolute Gasteiger partial charge is 0.222 e. The van der Waals surface area contributed by atoms with Gasteiger partial charge >= 0.3 is 0 Å². The second-order valence-electron chi connectivity index (χ2n) is 6.08. The molecule has 1 N–H and O–H groups in total. The molecule has 4 rings (SSSR count). The topological polar surface area (TPSA) is 87.6 Å². The van der Waals surface area contributed by atoms with Crippen molar-refractivity contribution >= 4 is 17.5 Å². The van der Waals surface area contributed by atoms with E-state index in [4.69, 9.17) is 16.1 Å². The molecule has 1 unspecified atom stereocenters. The van der Waals surface area contributed by atoms with Crippen LogP contribution in [0.5, 0.6) is 0 Å². The highest BCUT2D eigenvalue weighted by Crippen LogP contribution is 2.30. The van der Waals surface area contributed by atoms with Crippen molar-refractivity contribution in [1.82, 2.24) is 15.1 Å². The van der Waals surface area contributed by atoms with Gasteiger partial charge in [0.1, 0.15) is 0 Å². The quantitative estimate of drug-likeness (QED) is 0.776. The minimum Gasteiger partial charge on any atom is -0.356 e. The molecule has 1 aliphatic rings. The lowest BCUT2D eigenvalue weighted by Crippen LogP contribution is -2.21. The summed E-state index contributed by atoms with van der Waals surface area (Å²) in [5.74, 6) is 1.19. The Hall–Kier alpha value is -2.91. The first-order chi connectivity index (χ1) is 12.1. The summed E-state index contributed by atoms with van der Waals surface area (Å²) in [5, 5.41) is 17.1. The fourth-order valence-electron chi connectivity index (χ4n) is 3.11. The molecule has 0 spiro atoms. The SMILES string of the molecule is Cc1cc(-c2cnc(NC3Cc4cc(Cl)cc(C#N)c4C3)nc2)on1. The van der Waals surface area contributed by atoms with Crippen LogP contribution in [0.4, 0.5) is 5.95 Å². The molecule has 1 atom stereocenters. The molecule has 0 fully saturated rings. The van der Waals surface area contributed by atoms with Gasteiger partial charge in [0.25, 0.3) is 0 Å². The van der Waals surface area contributed by atoms with Crippen molar-refractivity contribution in [2.75, 3.05) is 5.32 Å². The van der Waals surface area contributed by atoms with Gasteiger partial charge in [0.05, 0.1) is 22.9 Å². The summed E-state index contributed by atoms with van der Waals surface area (Å²) in [6.45, 7) is 1.86. The van der Waals surface area contributed by atoms with Crippen LogP contribution < -0.4 is 5.32 Å².